The molecule has 2 N–H and O–H groups in total. The Labute approximate surface area is 238 Å². The van der Waals surface area contributed by atoms with E-state index in [2.05, 4.69) is 20.6 Å². The van der Waals surface area contributed by atoms with Crippen LogP contribution in [-0.2, 0) is 15.7 Å². The summed E-state index contributed by atoms with van der Waals surface area (Å²) in [5.74, 6) is -1.98. The second-order valence-electron chi connectivity index (χ2n) is 9.81. The number of anilines is 4. The van der Waals surface area contributed by atoms with Crippen LogP contribution in [0.4, 0.5) is 40.4 Å². The summed E-state index contributed by atoms with van der Waals surface area (Å²) in [6.45, 7) is 2.57. The smallest absolute Gasteiger partial charge is 0.378 e. The molecule has 0 radical (unpaired) electrons. The molecule has 1 unspecified atom stereocenters. The summed E-state index contributed by atoms with van der Waals surface area (Å²) in [5.41, 5.74) is -1.85. The van der Waals surface area contributed by atoms with Gasteiger partial charge in [-0.3, -0.25) is 9.59 Å². The first kappa shape index (κ1) is 29.2. The molecule has 0 aliphatic carbocycles. The number of alkyl halides is 3. The minimum atomic E-state index is -4.95. The normalized spacial score (nSPS) is 17.2. The third-order valence-corrected chi connectivity index (χ3v) is 6.88. The first-order valence-corrected chi connectivity index (χ1v) is 13.2. The molecule has 2 aliphatic heterocycles. The lowest BCUT2D eigenvalue weighted by Crippen LogP contribution is -2.36. The van der Waals surface area contributed by atoms with Crippen LogP contribution in [0.3, 0.4) is 0 Å². The van der Waals surface area contributed by atoms with Gasteiger partial charge >= 0.3 is 6.18 Å². The maximum atomic E-state index is 14.3. The molecule has 2 saturated heterocycles. The molecule has 1 aromatic carbocycles. The molecule has 2 aromatic heterocycles. The third-order valence-electron chi connectivity index (χ3n) is 6.88. The molecule has 3 aromatic rings. The van der Waals surface area contributed by atoms with Gasteiger partial charge in [0.25, 0.3) is 11.8 Å². The molecule has 5 rings (SSSR count). The largest absolute Gasteiger partial charge is 0.434 e. The molecule has 0 saturated carbocycles. The standard InChI is InChI=1S/C28H28F4N6O4/c1-37(24-3-2-8-42-24)23-5-4-19(15-33-23)35-27(40)22-14-20(16-34-25(22)28(30,31)32)36-26(39)17-11-18(29)13-21(12-17)38-6-9-41-10-7-38/h4-5,11-16,24H,2-3,6-10H2,1H3,(H,35,40)(H,36,39). The second-order valence-corrected chi connectivity index (χ2v) is 9.81. The lowest BCUT2D eigenvalue weighted by molar-refractivity contribution is -0.141. The van der Waals surface area contributed by atoms with E-state index in [1.165, 1.54) is 24.4 Å². The van der Waals surface area contributed by atoms with Crippen molar-refractivity contribution in [1.82, 2.24) is 9.97 Å². The number of ether oxygens (including phenoxy) is 2. The van der Waals surface area contributed by atoms with Crippen LogP contribution in [-0.4, -0.2) is 68.0 Å². The number of halogens is 4. The number of carbonyl (C=O) groups excluding carboxylic acids is 2. The van der Waals surface area contributed by atoms with Crippen molar-refractivity contribution in [2.45, 2.75) is 25.2 Å². The van der Waals surface area contributed by atoms with Gasteiger partial charge in [-0.05, 0) is 49.2 Å². The topological polar surface area (TPSA) is 109 Å². The quantitative estimate of drug-likeness (QED) is 0.387. The zero-order valence-corrected chi connectivity index (χ0v) is 22.6. The second kappa shape index (κ2) is 12.3. The molecule has 2 aliphatic rings. The van der Waals surface area contributed by atoms with E-state index in [4.69, 9.17) is 9.47 Å². The minimum absolute atomic E-state index is 0.0541. The maximum absolute atomic E-state index is 14.3. The average molecular weight is 589 g/mol. The Bertz CT molecular complexity index is 1440. The summed E-state index contributed by atoms with van der Waals surface area (Å²) in [7, 11) is 1.81. The number of rotatable bonds is 7. The van der Waals surface area contributed by atoms with Gasteiger partial charge in [0.05, 0.1) is 42.5 Å². The highest BCUT2D eigenvalue weighted by atomic mass is 19.4. The van der Waals surface area contributed by atoms with E-state index < -0.39 is 35.1 Å². The fourth-order valence-electron chi connectivity index (χ4n) is 4.73. The Balaban J connectivity index is 1.34. The van der Waals surface area contributed by atoms with E-state index in [0.717, 1.165) is 31.2 Å². The summed E-state index contributed by atoms with van der Waals surface area (Å²) in [5, 5.41) is 4.81. The molecular weight excluding hydrogens is 560 g/mol. The fourth-order valence-corrected chi connectivity index (χ4v) is 4.73. The highest BCUT2D eigenvalue weighted by molar-refractivity contribution is 6.08. The lowest BCUT2D eigenvalue weighted by Gasteiger charge is -2.29. The fraction of sp³-hybridized carbons (Fsp3) is 0.357. The van der Waals surface area contributed by atoms with Gasteiger partial charge in [0.15, 0.2) is 5.69 Å². The average Bonchev–Trinajstić information content (AvgIpc) is 3.52. The van der Waals surface area contributed by atoms with Gasteiger partial charge in [-0.15, -0.1) is 0 Å². The highest BCUT2D eigenvalue weighted by Crippen LogP contribution is 2.32. The Hall–Kier alpha value is -4.30. The Morgan fingerprint density at radius 2 is 1.71 bits per heavy atom. The SMILES string of the molecule is CN(c1ccc(NC(=O)c2cc(NC(=O)c3cc(F)cc(N4CCOCC4)c3)cnc2C(F)(F)F)cn1)C1CCCO1. The Morgan fingerprint density at radius 1 is 0.976 bits per heavy atom. The van der Waals surface area contributed by atoms with Gasteiger partial charge in [-0.25, -0.2) is 14.4 Å². The van der Waals surface area contributed by atoms with Gasteiger partial charge < -0.3 is 29.9 Å². The van der Waals surface area contributed by atoms with E-state index in [-0.39, 0.29) is 23.2 Å². The number of amides is 2. The summed E-state index contributed by atoms with van der Waals surface area (Å²) in [6, 6.07) is 7.76. The van der Waals surface area contributed by atoms with E-state index >= 15 is 0 Å². The van der Waals surface area contributed by atoms with E-state index in [1.807, 2.05) is 16.8 Å². The minimum Gasteiger partial charge on any atom is -0.378 e. The summed E-state index contributed by atoms with van der Waals surface area (Å²) in [6.07, 6.45) is -1.20. The molecule has 0 spiro atoms. The first-order chi connectivity index (χ1) is 20.1. The van der Waals surface area contributed by atoms with Crippen molar-refractivity contribution in [3.8, 4) is 0 Å². The van der Waals surface area contributed by atoms with Crippen molar-refractivity contribution in [3.05, 3.63) is 71.4 Å². The molecule has 222 valence electrons. The zero-order chi connectivity index (χ0) is 29.9. The third kappa shape index (κ3) is 6.77. The van der Waals surface area contributed by atoms with Gasteiger partial charge in [0.1, 0.15) is 17.9 Å². The number of pyridine rings is 2. The van der Waals surface area contributed by atoms with Crippen LogP contribution >= 0.6 is 0 Å². The van der Waals surface area contributed by atoms with Crippen molar-refractivity contribution < 1.29 is 36.6 Å². The Kier molecular flexibility index (Phi) is 8.54. The first-order valence-electron chi connectivity index (χ1n) is 13.2. The van der Waals surface area contributed by atoms with Gasteiger partial charge in [-0.1, -0.05) is 0 Å². The van der Waals surface area contributed by atoms with Crippen LogP contribution < -0.4 is 20.4 Å². The number of nitrogens with zero attached hydrogens (tertiary/aromatic N) is 4. The van der Waals surface area contributed by atoms with Crippen LogP contribution in [0.2, 0.25) is 0 Å². The molecule has 14 heteroatoms. The Morgan fingerprint density at radius 3 is 2.38 bits per heavy atom. The van der Waals surface area contributed by atoms with E-state index in [9.17, 15) is 27.2 Å². The van der Waals surface area contributed by atoms with Crippen molar-refractivity contribution in [1.29, 1.82) is 0 Å². The van der Waals surface area contributed by atoms with E-state index in [0.29, 0.717) is 44.4 Å². The van der Waals surface area contributed by atoms with Crippen molar-refractivity contribution in [3.63, 3.8) is 0 Å². The van der Waals surface area contributed by atoms with Crippen molar-refractivity contribution >= 4 is 34.7 Å². The molecule has 1 atom stereocenters. The monoisotopic (exact) mass is 588 g/mol. The number of carbonyl (C=O) groups is 2. The molecule has 10 nitrogen and oxygen atoms in total. The van der Waals surface area contributed by atoms with Crippen LogP contribution in [0.5, 0.6) is 0 Å². The summed E-state index contributed by atoms with van der Waals surface area (Å²) in [4.78, 5) is 37.3. The molecule has 4 heterocycles. The van der Waals surface area contributed by atoms with Gasteiger partial charge in [0, 0.05) is 38.0 Å². The predicted molar refractivity (Wildman–Crippen MR) is 146 cm³/mol. The van der Waals surface area contributed by atoms with Crippen LogP contribution in [0.25, 0.3) is 0 Å². The number of hydrogen-bond donors (Lipinski definition) is 2. The summed E-state index contributed by atoms with van der Waals surface area (Å²) < 4.78 is 66.5. The maximum Gasteiger partial charge on any atom is 0.434 e. The molecule has 42 heavy (non-hydrogen) atoms. The highest BCUT2D eigenvalue weighted by Gasteiger charge is 2.37. The molecule has 2 fully saturated rings. The van der Waals surface area contributed by atoms with Crippen LogP contribution in [0.1, 0.15) is 39.3 Å². The number of aromatic nitrogens is 2. The number of hydrogen-bond acceptors (Lipinski definition) is 8. The van der Waals surface area contributed by atoms with Crippen LogP contribution in [0, 0.1) is 5.82 Å². The number of morpholine rings is 1. The zero-order valence-electron chi connectivity index (χ0n) is 22.6. The van der Waals surface area contributed by atoms with Crippen LogP contribution in [0.15, 0.2) is 48.8 Å². The lowest BCUT2D eigenvalue weighted by atomic mass is 10.1. The molecular formula is C28H28F4N6O4. The van der Waals surface area contributed by atoms with Gasteiger partial charge in [0.2, 0.25) is 0 Å². The van der Waals surface area contributed by atoms with Crippen molar-refractivity contribution in [2.75, 3.05) is 60.4 Å². The van der Waals surface area contributed by atoms with Gasteiger partial charge in [-0.2, -0.15) is 13.2 Å². The molecule has 2 amide bonds. The summed E-state index contributed by atoms with van der Waals surface area (Å²) >= 11 is 0. The molecule has 0 bridgehead atoms. The van der Waals surface area contributed by atoms with E-state index in [1.54, 1.807) is 6.07 Å². The number of nitrogens with one attached hydrogen (secondary N) is 2. The van der Waals surface area contributed by atoms with Crippen molar-refractivity contribution in [2.24, 2.45) is 0 Å². The number of benzene rings is 1. The predicted octanol–water partition coefficient (Wildman–Crippen LogP) is 4.55.